The summed E-state index contributed by atoms with van der Waals surface area (Å²) in [7, 11) is -3.83. The number of hydrogen-bond donors (Lipinski definition) is 1. The Morgan fingerprint density at radius 3 is 2.21 bits per heavy atom. The lowest BCUT2D eigenvalue weighted by molar-refractivity contribution is -0.134. The third-order valence-corrected chi connectivity index (χ3v) is 4.22. The number of carboxylic acids is 1. The van der Waals surface area contributed by atoms with E-state index in [-0.39, 0.29) is 10.7 Å². The highest BCUT2D eigenvalue weighted by molar-refractivity contribution is 7.92. The minimum atomic E-state index is -3.83. The summed E-state index contributed by atoms with van der Waals surface area (Å²) in [6, 6.07) is 5.40. The van der Waals surface area contributed by atoms with Crippen LogP contribution in [0, 0.1) is 0 Å². The molecule has 5 nitrogen and oxygen atoms in total. The highest BCUT2D eigenvalue weighted by Gasteiger charge is 2.19. The van der Waals surface area contributed by atoms with Gasteiger partial charge in [0, 0.05) is 12.0 Å². The van der Waals surface area contributed by atoms with E-state index in [1.807, 2.05) is 6.92 Å². The Morgan fingerprint density at radius 1 is 1.16 bits per heavy atom. The maximum absolute atomic E-state index is 11.7. The van der Waals surface area contributed by atoms with E-state index in [9.17, 15) is 18.0 Å². The second-order valence-corrected chi connectivity index (χ2v) is 6.19. The zero-order chi connectivity index (χ0) is 14.5. The molecule has 0 aliphatic heterocycles. The van der Waals surface area contributed by atoms with Gasteiger partial charge in [0.1, 0.15) is 0 Å². The van der Waals surface area contributed by atoms with Crippen LogP contribution in [0.1, 0.15) is 36.5 Å². The molecule has 104 valence electrons. The first kappa shape index (κ1) is 15.4. The molecule has 0 radical (unpaired) electrons. The summed E-state index contributed by atoms with van der Waals surface area (Å²) in [5.41, 5.74) is 0.447. The molecule has 6 heteroatoms. The normalized spacial score (nSPS) is 11.2. The van der Waals surface area contributed by atoms with Gasteiger partial charge in [-0.3, -0.25) is 9.59 Å². The van der Waals surface area contributed by atoms with Gasteiger partial charge in [-0.05, 0) is 18.6 Å². The van der Waals surface area contributed by atoms with Gasteiger partial charge < -0.3 is 5.11 Å². The van der Waals surface area contributed by atoms with Crippen LogP contribution in [0.5, 0.6) is 0 Å². The fraction of sp³-hybridized carbons (Fsp3) is 0.385. The van der Waals surface area contributed by atoms with Crippen LogP contribution in [-0.4, -0.2) is 31.0 Å². The number of carbonyl (C=O) groups is 2. The molecule has 1 aromatic rings. The summed E-state index contributed by atoms with van der Waals surface area (Å²) < 4.78 is 23.3. The van der Waals surface area contributed by atoms with Crippen molar-refractivity contribution >= 4 is 21.6 Å². The standard InChI is InChI=1S/C13H16O5S/c1-2-3-4-12(14)10-5-7-11(8-6-10)19(17,18)9-13(15)16/h5-8H,2-4,9H2,1H3,(H,15,16). The molecule has 1 rings (SSSR count). The maximum Gasteiger partial charge on any atom is 0.319 e. The van der Waals surface area contributed by atoms with Gasteiger partial charge in [-0.15, -0.1) is 0 Å². The van der Waals surface area contributed by atoms with Gasteiger partial charge in [-0.25, -0.2) is 8.42 Å². The van der Waals surface area contributed by atoms with Crippen molar-refractivity contribution in [2.75, 3.05) is 5.75 Å². The first-order chi connectivity index (χ1) is 8.86. The number of unbranched alkanes of at least 4 members (excludes halogenated alkanes) is 1. The fourth-order valence-corrected chi connectivity index (χ4v) is 2.62. The first-order valence-corrected chi connectivity index (χ1v) is 7.60. The van der Waals surface area contributed by atoms with Crippen molar-refractivity contribution in [3.05, 3.63) is 29.8 Å². The lowest BCUT2D eigenvalue weighted by Gasteiger charge is -2.03. The molecule has 0 aromatic heterocycles. The van der Waals surface area contributed by atoms with Crippen LogP contribution in [0.4, 0.5) is 0 Å². The van der Waals surface area contributed by atoms with Crippen LogP contribution in [-0.2, 0) is 14.6 Å². The molecule has 0 heterocycles. The van der Waals surface area contributed by atoms with E-state index in [4.69, 9.17) is 5.11 Å². The lowest BCUT2D eigenvalue weighted by Crippen LogP contribution is -2.15. The van der Waals surface area contributed by atoms with Gasteiger partial charge in [0.2, 0.25) is 0 Å². The quantitative estimate of drug-likeness (QED) is 0.773. The monoisotopic (exact) mass is 284 g/mol. The van der Waals surface area contributed by atoms with Gasteiger partial charge in [0.25, 0.3) is 0 Å². The Morgan fingerprint density at radius 2 is 1.74 bits per heavy atom. The molecule has 19 heavy (non-hydrogen) atoms. The summed E-state index contributed by atoms with van der Waals surface area (Å²) in [5.74, 6) is -2.39. The number of sulfone groups is 1. The van der Waals surface area contributed by atoms with Crippen molar-refractivity contribution in [1.82, 2.24) is 0 Å². The van der Waals surface area contributed by atoms with E-state index < -0.39 is 21.6 Å². The van der Waals surface area contributed by atoms with E-state index in [1.165, 1.54) is 24.3 Å². The van der Waals surface area contributed by atoms with Crippen molar-refractivity contribution < 1.29 is 23.1 Å². The first-order valence-electron chi connectivity index (χ1n) is 5.94. The highest BCUT2D eigenvalue weighted by Crippen LogP contribution is 2.14. The average Bonchev–Trinajstić information content (AvgIpc) is 2.34. The number of rotatable bonds is 7. The molecule has 1 N–H and O–H groups in total. The Labute approximate surface area is 112 Å². The van der Waals surface area contributed by atoms with Gasteiger partial charge in [0.05, 0.1) is 4.90 Å². The molecule has 0 saturated heterocycles. The predicted molar refractivity (Wildman–Crippen MR) is 70.0 cm³/mol. The minimum Gasteiger partial charge on any atom is -0.480 e. The second kappa shape index (κ2) is 6.47. The number of ketones is 1. The highest BCUT2D eigenvalue weighted by atomic mass is 32.2. The topological polar surface area (TPSA) is 88.5 Å². The number of hydrogen-bond acceptors (Lipinski definition) is 4. The molecule has 0 aliphatic rings. The minimum absolute atomic E-state index is 0.0379. The van der Waals surface area contributed by atoms with E-state index in [0.717, 1.165) is 12.8 Å². The van der Waals surface area contributed by atoms with E-state index in [0.29, 0.717) is 12.0 Å². The lowest BCUT2D eigenvalue weighted by atomic mass is 10.1. The number of carboxylic acid groups (broad SMARTS) is 1. The maximum atomic E-state index is 11.7. The van der Waals surface area contributed by atoms with Crippen molar-refractivity contribution in [2.24, 2.45) is 0 Å². The SMILES string of the molecule is CCCCC(=O)c1ccc(S(=O)(=O)CC(=O)O)cc1. The van der Waals surface area contributed by atoms with Crippen molar-refractivity contribution in [2.45, 2.75) is 31.1 Å². The molecule has 0 bridgehead atoms. The predicted octanol–water partition coefficient (Wildman–Crippen LogP) is 1.92. The molecule has 0 amide bonds. The Kier molecular flexibility index (Phi) is 5.23. The summed E-state index contributed by atoms with van der Waals surface area (Å²) in [6.07, 6.45) is 2.13. The molecule has 0 aliphatic carbocycles. The Hall–Kier alpha value is -1.69. The van der Waals surface area contributed by atoms with Crippen molar-refractivity contribution in [1.29, 1.82) is 0 Å². The van der Waals surface area contributed by atoms with E-state index in [2.05, 4.69) is 0 Å². The summed E-state index contributed by atoms with van der Waals surface area (Å²) >= 11 is 0. The average molecular weight is 284 g/mol. The summed E-state index contributed by atoms with van der Waals surface area (Å²) in [5, 5.41) is 8.52. The molecular formula is C13H16O5S. The van der Waals surface area contributed by atoms with Gasteiger partial charge in [-0.1, -0.05) is 25.5 Å². The number of carbonyl (C=O) groups excluding carboxylic acids is 1. The van der Waals surface area contributed by atoms with Crippen LogP contribution in [0.3, 0.4) is 0 Å². The van der Waals surface area contributed by atoms with Crippen molar-refractivity contribution in [3.8, 4) is 0 Å². The number of Topliss-reactive ketones (excluding diaryl/α,β-unsaturated/α-hetero) is 1. The van der Waals surface area contributed by atoms with Crippen LogP contribution in [0.2, 0.25) is 0 Å². The molecule has 0 fully saturated rings. The van der Waals surface area contributed by atoms with Crippen LogP contribution >= 0.6 is 0 Å². The van der Waals surface area contributed by atoms with E-state index in [1.54, 1.807) is 0 Å². The Bertz CT molecular complexity index is 557. The fourth-order valence-electron chi connectivity index (χ4n) is 1.58. The summed E-state index contributed by atoms with van der Waals surface area (Å²) in [4.78, 5) is 22.1. The molecule has 0 unspecified atom stereocenters. The zero-order valence-electron chi connectivity index (χ0n) is 10.6. The number of benzene rings is 1. The van der Waals surface area contributed by atoms with Gasteiger partial charge in [-0.2, -0.15) is 0 Å². The van der Waals surface area contributed by atoms with Crippen molar-refractivity contribution in [3.63, 3.8) is 0 Å². The smallest absolute Gasteiger partial charge is 0.319 e. The Balaban J connectivity index is 2.87. The molecular weight excluding hydrogens is 268 g/mol. The molecule has 1 aromatic carbocycles. The van der Waals surface area contributed by atoms with Gasteiger partial charge >= 0.3 is 5.97 Å². The number of aliphatic carboxylic acids is 1. The zero-order valence-corrected chi connectivity index (χ0v) is 11.4. The largest absolute Gasteiger partial charge is 0.480 e. The van der Waals surface area contributed by atoms with Crippen LogP contribution in [0.25, 0.3) is 0 Å². The third-order valence-electron chi connectivity index (χ3n) is 2.61. The molecule has 0 spiro atoms. The van der Waals surface area contributed by atoms with E-state index >= 15 is 0 Å². The molecule has 0 saturated carbocycles. The third kappa shape index (κ3) is 4.48. The second-order valence-electron chi connectivity index (χ2n) is 4.20. The van der Waals surface area contributed by atoms with Crippen LogP contribution in [0.15, 0.2) is 29.2 Å². The molecule has 0 atom stereocenters. The van der Waals surface area contributed by atoms with Crippen LogP contribution < -0.4 is 0 Å². The summed E-state index contributed by atoms with van der Waals surface area (Å²) in [6.45, 7) is 1.98. The van der Waals surface area contributed by atoms with Gasteiger partial charge in [0.15, 0.2) is 21.4 Å².